The van der Waals surface area contributed by atoms with Crippen molar-refractivity contribution < 1.29 is 4.74 Å². The summed E-state index contributed by atoms with van der Waals surface area (Å²) in [5.41, 5.74) is 1.28. The Labute approximate surface area is 116 Å². The summed E-state index contributed by atoms with van der Waals surface area (Å²) < 4.78 is 5.18. The highest BCUT2D eigenvalue weighted by atomic mass is 16.5. The van der Waals surface area contributed by atoms with Crippen molar-refractivity contribution in [3.63, 3.8) is 0 Å². The van der Waals surface area contributed by atoms with Gasteiger partial charge in [-0.25, -0.2) is 4.98 Å². The maximum atomic E-state index is 5.18. The fraction of sp³-hybridized carbons (Fsp3) is 0.667. The number of ether oxygens (including phenoxy) is 1. The molecule has 1 aliphatic heterocycles. The van der Waals surface area contributed by atoms with Gasteiger partial charge in [-0.2, -0.15) is 0 Å². The number of rotatable bonds is 5. The van der Waals surface area contributed by atoms with Gasteiger partial charge in [0.1, 0.15) is 0 Å². The minimum Gasteiger partial charge on any atom is -0.481 e. The fourth-order valence-corrected chi connectivity index (χ4v) is 2.82. The van der Waals surface area contributed by atoms with Crippen molar-refractivity contribution in [2.24, 2.45) is 0 Å². The van der Waals surface area contributed by atoms with Crippen LogP contribution >= 0.6 is 0 Å². The normalized spacial score (nSPS) is 24.4. The summed E-state index contributed by atoms with van der Waals surface area (Å²) in [7, 11) is 1.66. The van der Waals surface area contributed by atoms with Crippen LogP contribution in [0, 0.1) is 0 Å². The minimum atomic E-state index is 0.622. The molecular weight excluding hydrogens is 238 g/mol. The van der Waals surface area contributed by atoms with Crippen molar-refractivity contribution in [1.82, 2.24) is 15.2 Å². The average Bonchev–Trinajstić information content (AvgIpc) is 2.42. The van der Waals surface area contributed by atoms with Crippen LogP contribution in [0.5, 0.6) is 5.88 Å². The van der Waals surface area contributed by atoms with Gasteiger partial charge in [0.25, 0.3) is 0 Å². The lowest BCUT2D eigenvalue weighted by atomic mass is 9.97. The standard InChI is InChI=1S/C15H25N3O/c1-4-16-14-6-8-18(12(2)9-14)11-13-5-7-17-15(10-13)19-3/h5,7,10,12,14,16H,4,6,8-9,11H2,1-3H3. The quantitative estimate of drug-likeness (QED) is 0.882. The molecule has 1 aromatic heterocycles. The smallest absolute Gasteiger partial charge is 0.213 e. The first-order valence-corrected chi connectivity index (χ1v) is 7.19. The van der Waals surface area contributed by atoms with Gasteiger partial charge >= 0.3 is 0 Å². The SMILES string of the molecule is CCNC1CCN(Cc2ccnc(OC)c2)C(C)C1. The first-order chi connectivity index (χ1) is 9.22. The average molecular weight is 263 g/mol. The zero-order valence-electron chi connectivity index (χ0n) is 12.2. The summed E-state index contributed by atoms with van der Waals surface area (Å²) in [6.07, 6.45) is 4.29. The molecule has 0 amide bonds. The number of hydrogen-bond acceptors (Lipinski definition) is 4. The summed E-state index contributed by atoms with van der Waals surface area (Å²) in [6.45, 7) is 7.71. The predicted octanol–water partition coefficient (Wildman–Crippen LogP) is 2.05. The number of likely N-dealkylation sites (tertiary alicyclic amines) is 1. The lowest BCUT2D eigenvalue weighted by Gasteiger charge is -2.38. The van der Waals surface area contributed by atoms with Gasteiger partial charge in [0.05, 0.1) is 7.11 Å². The molecule has 1 saturated heterocycles. The Kier molecular flexibility index (Phi) is 5.16. The molecule has 4 nitrogen and oxygen atoms in total. The van der Waals surface area contributed by atoms with Crippen LogP contribution in [0.1, 0.15) is 32.3 Å². The molecule has 1 N–H and O–H groups in total. The molecule has 19 heavy (non-hydrogen) atoms. The molecular formula is C15H25N3O. The van der Waals surface area contributed by atoms with Crippen LogP contribution in [0.2, 0.25) is 0 Å². The number of methoxy groups -OCH3 is 1. The lowest BCUT2D eigenvalue weighted by molar-refractivity contribution is 0.129. The van der Waals surface area contributed by atoms with Gasteiger partial charge in [-0.05, 0) is 37.9 Å². The second-order valence-corrected chi connectivity index (χ2v) is 5.30. The lowest BCUT2D eigenvalue weighted by Crippen LogP contribution is -2.46. The minimum absolute atomic E-state index is 0.622. The molecule has 2 atom stereocenters. The van der Waals surface area contributed by atoms with Crippen molar-refractivity contribution >= 4 is 0 Å². The molecule has 1 fully saturated rings. The second-order valence-electron chi connectivity index (χ2n) is 5.30. The molecule has 2 heterocycles. The highest BCUT2D eigenvalue weighted by Gasteiger charge is 2.24. The van der Waals surface area contributed by atoms with Gasteiger partial charge in [0.15, 0.2) is 0 Å². The second kappa shape index (κ2) is 6.87. The van der Waals surface area contributed by atoms with E-state index in [0.29, 0.717) is 18.0 Å². The van der Waals surface area contributed by atoms with Crippen LogP contribution in [0.25, 0.3) is 0 Å². The number of nitrogens with zero attached hydrogens (tertiary/aromatic N) is 2. The molecule has 1 aliphatic rings. The van der Waals surface area contributed by atoms with Crippen LogP contribution in [0.15, 0.2) is 18.3 Å². The molecule has 2 rings (SSSR count). The fourth-order valence-electron chi connectivity index (χ4n) is 2.82. The maximum Gasteiger partial charge on any atom is 0.213 e. The van der Waals surface area contributed by atoms with E-state index in [0.717, 1.165) is 19.6 Å². The zero-order chi connectivity index (χ0) is 13.7. The number of piperidine rings is 1. The first kappa shape index (κ1) is 14.3. The number of aromatic nitrogens is 1. The largest absolute Gasteiger partial charge is 0.481 e. The van der Waals surface area contributed by atoms with Gasteiger partial charge in [0, 0.05) is 37.4 Å². The highest BCUT2D eigenvalue weighted by molar-refractivity contribution is 5.20. The zero-order valence-corrected chi connectivity index (χ0v) is 12.2. The maximum absolute atomic E-state index is 5.18. The molecule has 0 aliphatic carbocycles. The van der Waals surface area contributed by atoms with Gasteiger partial charge < -0.3 is 10.1 Å². The monoisotopic (exact) mass is 263 g/mol. The van der Waals surface area contributed by atoms with E-state index in [1.807, 2.05) is 12.3 Å². The molecule has 1 aromatic rings. The van der Waals surface area contributed by atoms with Crippen molar-refractivity contribution in [3.05, 3.63) is 23.9 Å². The van der Waals surface area contributed by atoms with E-state index in [1.54, 1.807) is 7.11 Å². The molecule has 0 bridgehead atoms. The predicted molar refractivity (Wildman–Crippen MR) is 77.4 cm³/mol. The number of nitrogens with one attached hydrogen (secondary N) is 1. The number of hydrogen-bond donors (Lipinski definition) is 1. The third-order valence-corrected chi connectivity index (χ3v) is 3.90. The Morgan fingerprint density at radius 1 is 1.53 bits per heavy atom. The van der Waals surface area contributed by atoms with Crippen LogP contribution in [-0.2, 0) is 6.54 Å². The topological polar surface area (TPSA) is 37.4 Å². The van der Waals surface area contributed by atoms with E-state index in [-0.39, 0.29) is 0 Å². The Morgan fingerprint density at radius 3 is 3.05 bits per heavy atom. The molecule has 0 spiro atoms. The van der Waals surface area contributed by atoms with Gasteiger partial charge in [-0.1, -0.05) is 6.92 Å². The summed E-state index contributed by atoms with van der Waals surface area (Å²) in [5, 5.41) is 3.56. The Hall–Kier alpha value is -1.13. The van der Waals surface area contributed by atoms with Crippen LogP contribution in [-0.4, -0.2) is 42.2 Å². The Morgan fingerprint density at radius 2 is 2.37 bits per heavy atom. The summed E-state index contributed by atoms with van der Waals surface area (Å²) in [4.78, 5) is 6.70. The van der Waals surface area contributed by atoms with E-state index < -0.39 is 0 Å². The summed E-state index contributed by atoms with van der Waals surface area (Å²) in [6, 6.07) is 5.41. The summed E-state index contributed by atoms with van der Waals surface area (Å²) in [5.74, 6) is 0.702. The van der Waals surface area contributed by atoms with Gasteiger partial charge in [-0.15, -0.1) is 0 Å². The van der Waals surface area contributed by atoms with Crippen LogP contribution < -0.4 is 10.1 Å². The Bertz CT molecular complexity index is 397. The van der Waals surface area contributed by atoms with Gasteiger partial charge in [0.2, 0.25) is 5.88 Å². The number of pyridine rings is 1. The van der Waals surface area contributed by atoms with Crippen molar-refractivity contribution in [1.29, 1.82) is 0 Å². The third kappa shape index (κ3) is 3.91. The molecule has 106 valence electrons. The van der Waals surface area contributed by atoms with Crippen molar-refractivity contribution in [3.8, 4) is 5.88 Å². The molecule has 2 unspecified atom stereocenters. The van der Waals surface area contributed by atoms with E-state index in [4.69, 9.17) is 4.74 Å². The molecule has 0 aromatic carbocycles. The van der Waals surface area contributed by atoms with E-state index in [2.05, 4.69) is 35.1 Å². The highest BCUT2D eigenvalue weighted by Crippen LogP contribution is 2.20. The first-order valence-electron chi connectivity index (χ1n) is 7.19. The van der Waals surface area contributed by atoms with Crippen molar-refractivity contribution in [2.75, 3.05) is 20.2 Å². The van der Waals surface area contributed by atoms with E-state index in [9.17, 15) is 0 Å². The van der Waals surface area contributed by atoms with Crippen molar-refractivity contribution in [2.45, 2.75) is 45.3 Å². The molecule has 0 radical (unpaired) electrons. The van der Waals surface area contributed by atoms with E-state index in [1.165, 1.54) is 18.4 Å². The van der Waals surface area contributed by atoms with Crippen LogP contribution in [0.3, 0.4) is 0 Å². The van der Waals surface area contributed by atoms with E-state index >= 15 is 0 Å². The third-order valence-electron chi connectivity index (χ3n) is 3.90. The Balaban J connectivity index is 1.92. The van der Waals surface area contributed by atoms with Crippen LogP contribution in [0.4, 0.5) is 0 Å². The molecule has 0 saturated carbocycles. The summed E-state index contributed by atoms with van der Waals surface area (Å²) >= 11 is 0. The molecule has 4 heteroatoms. The van der Waals surface area contributed by atoms with Gasteiger partial charge in [-0.3, -0.25) is 4.90 Å².